The highest BCUT2D eigenvalue weighted by Gasteiger charge is 2.28. The van der Waals surface area contributed by atoms with E-state index in [1.165, 1.54) is 6.07 Å². The zero-order valence-corrected chi connectivity index (χ0v) is 11.1. The van der Waals surface area contributed by atoms with Crippen LogP contribution in [0.2, 0.25) is 0 Å². The number of aromatic nitrogens is 1. The third kappa shape index (κ3) is 5.67. The van der Waals surface area contributed by atoms with Crippen molar-refractivity contribution in [3.8, 4) is 5.88 Å². The van der Waals surface area contributed by atoms with E-state index >= 15 is 0 Å². The Morgan fingerprint density at radius 3 is 2.62 bits per heavy atom. The summed E-state index contributed by atoms with van der Waals surface area (Å²) in [7, 11) is 0. The normalized spacial score (nSPS) is 11.0. The molecule has 0 radical (unpaired) electrons. The van der Waals surface area contributed by atoms with Crippen LogP contribution in [-0.4, -0.2) is 52.7 Å². The van der Waals surface area contributed by atoms with Crippen molar-refractivity contribution in [1.82, 2.24) is 9.88 Å². The number of nitrogens with zero attached hydrogens (tertiary/aromatic N) is 2. The van der Waals surface area contributed by atoms with Crippen molar-refractivity contribution in [3.05, 3.63) is 23.9 Å². The second-order valence-corrected chi connectivity index (χ2v) is 4.00. The molecule has 0 saturated carbocycles. The molecule has 0 spiro atoms. The van der Waals surface area contributed by atoms with Crippen molar-refractivity contribution in [2.75, 3.05) is 19.7 Å². The number of rotatable bonds is 6. The van der Waals surface area contributed by atoms with E-state index in [1.54, 1.807) is 6.92 Å². The summed E-state index contributed by atoms with van der Waals surface area (Å²) in [6.45, 7) is -0.296. The van der Waals surface area contributed by atoms with Gasteiger partial charge in [-0.15, -0.1) is 0 Å². The van der Waals surface area contributed by atoms with Crippen LogP contribution in [0.25, 0.3) is 0 Å². The number of hydrogen-bond acceptors (Lipinski definition) is 4. The highest BCUT2D eigenvalue weighted by Crippen LogP contribution is 2.18. The van der Waals surface area contributed by atoms with E-state index in [0.717, 1.165) is 17.2 Å². The van der Waals surface area contributed by atoms with Gasteiger partial charge in [-0.1, -0.05) is 0 Å². The Morgan fingerprint density at radius 1 is 1.43 bits per heavy atom. The molecule has 0 aliphatic heterocycles. The number of carboxylic acids is 1. The van der Waals surface area contributed by atoms with Crippen molar-refractivity contribution in [3.63, 3.8) is 0 Å². The number of aliphatic carboxylic acids is 1. The van der Waals surface area contributed by atoms with Gasteiger partial charge in [0, 0.05) is 24.4 Å². The van der Waals surface area contributed by atoms with Crippen molar-refractivity contribution < 1.29 is 32.6 Å². The first kappa shape index (κ1) is 16.7. The van der Waals surface area contributed by atoms with Gasteiger partial charge in [0.15, 0.2) is 6.61 Å². The van der Waals surface area contributed by atoms with E-state index in [0.29, 0.717) is 0 Å². The Labute approximate surface area is 118 Å². The SMILES string of the molecule is CCN(CC(=O)O)C(=O)c1ccnc(OCC(F)(F)F)c1. The Balaban J connectivity index is 2.83. The van der Waals surface area contributed by atoms with Gasteiger partial charge in [-0.2, -0.15) is 13.2 Å². The molecular weight excluding hydrogens is 293 g/mol. The van der Waals surface area contributed by atoms with Crippen LogP contribution in [0, 0.1) is 0 Å². The van der Waals surface area contributed by atoms with Gasteiger partial charge in [0.1, 0.15) is 6.54 Å². The topological polar surface area (TPSA) is 79.7 Å². The predicted octanol–water partition coefficient (Wildman–Crippen LogP) is 1.57. The number of ether oxygens (including phenoxy) is 1. The van der Waals surface area contributed by atoms with Gasteiger partial charge in [-0.05, 0) is 13.0 Å². The fourth-order valence-corrected chi connectivity index (χ4v) is 1.45. The maximum Gasteiger partial charge on any atom is 0.422 e. The number of halogens is 3. The van der Waals surface area contributed by atoms with Crippen LogP contribution in [0.5, 0.6) is 5.88 Å². The van der Waals surface area contributed by atoms with Gasteiger partial charge < -0.3 is 14.7 Å². The van der Waals surface area contributed by atoms with E-state index in [4.69, 9.17) is 5.11 Å². The number of hydrogen-bond donors (Lipinski definition) is 1. The summed E-state index contributed by atoms with van der Waals surface area (Å²) in [5.41, 5.74) is 0.00488. The molecule has 116 valence electrons. The van der Waals surface area contributed by atoms with E-state index < -0.39 is 31.2 Å². The Bertz CT molecular complexity index is 519. The zero-order chi connectivity index (χ0) is 16.0. The molecule has 0 fully saturated rings. The fraction of sp³-hybridized carbons (Fsp3) is 0.417. The highest BCUT2D eigenvalue weighted by molar-refractivity contribution is 5.96. The fourth-order valence-electron chi connectivity index (χ4n) is 1.45. The summed E-state index contributed by atoms with van der Waals surface area (Å²) < 4.78 is 40.5. The van der Waals surface area contributed by atoms with Crippen molar-refractivity contribution in [2.24, 2.45) is 0 Å². The first-order valence-corrected chi connectivity index (χ1v) is 5.89. The lowest BCUT2D eigenvalue weighted by molar-refractivity contribution is -0.154. The minimum atomic E-state index is -4.51. The molecule has 9 heteroatoms. The molecule has 1 N–H and O–H groups in total. The van der Waals surface area contributed by atoms with Crippen LogP contribution in [0.1, 0.15) is 17.3 Å². The van der Waals surface area contributed by atoms with Crippen LogP contribution in [0.4, 0.5) is 13.2 Å². The largest absolute Gasteiger partial charge is 0.480 e. The molecule has 1 aromatic rings. The number of carbonyl (C=O) groups excluding carboxylic acids is 1. The molecule has 1 heterocycles. The third-order valence-corrected chi connectivity index (χ3v) is 2.36. The van der Waals surface area contributed by atoms with Crippen LogP contribution in [0.15, 0.2) is 18.3 Å². The van der Waals surface area contributed by atoms with Gasteiger partial charge >= 0.3 is 12.1 Å². The van der Waals surface area contributed by atoms with E-state index in [9.17, 15) is 22.8 Å². The molecular formula is C12H13F3N2O4. The first-order valence-electron chi connectivity index (χ1n) is 5.89. The molecule has 1 rings (SSSR count). The first-order chi connectivity index (χ1) is 9.73. The lowest BCUT2D eigenvalue weighted by Crippen LogP contribution is -2.35. The molecule has 1 aromatic heterocycles. The lowest BCUT2D eigenvalue weighted by atomic mass is 10.2. The van der Waals surface area contributed by atoms with E-state index in [1.807, 2.05) is 0 Å². The average Bonchev–Trinajstić information content (AvgIpc) is 2.41. The predicted molar refractivity (Wildman–Crippen MR) is 65.0 cm³/mol. The van der Waals surface area contributed by atoms with Gasteiger partial charge in [-0.3, -0.25) is 9.59 Å². The molecule has 0 aromatic carbocycles. The number of likely N-dealkylation sites (N-methyl/N-ethyl adjacent to an activating group) is 1. The summed E-state index contributed by atoms with van der Waals surface area (Å²) in [4.78, 5) is 27.2. The summed E-state index contributed by atoms with van der Waals surface area (Å²) in [6.07, 6.45) is -3.39. The number of alkyl halides is 3. The number of carbonyl (C=O) groups is 2. The zero-order valence-electron chi connectivity index (χ0n) is 11.1. The minimum absolute atomic E-state index is 0.00488. The average molecular weight is 306 g/mol. The molecule has 0 aliphatic rings. The van der Waals surface area contributed by atoms with Crippen LogP contribution < -0.4 is 4.74 Å². The Hall–Kier alpha value is -2.32. The van der Waals surface area contributed by atoms with Crippen LogP contribution >= 0.6 is 0 Å². The molecule has 21 heavy (non-hydrogen) atoms. The monoisotopic (exact) mass is 306 g/mol. The summed E-state index contributed by atoms with van der Waals surface area (Å²) >= 11 is 0. The van der Waals surface area contributed by atoms with E-state index in [-0.39, 0.29) is 18.0 Å². The Kier molecular flexibility index (Phi) is 5.51. The molecule has 0 aliphatic carbocycles. The van der Waals surface area contributed by atoms with Gasteiger partial charge in [0.25, 0.3) is 5.91 Å². The molecule has 0 atom stereocenters. The number of pyridine rings is 1. The van der Waals surface area contributed by atoms with Gasteiger partial charge in [0.2, 0.25) is 5.88 Å². The lowest BCUT2D eigenvalue weighted by Gasteiger charge is -2.18. The maximum absolute atomic E-state index is 12.0. The summed E-state index contributed by atoms with van der Waals surface area (Å²) in [5.74, 6) is -2.17. The highest BCUT2D eigenvalue weighted by atomic mass is 19.4. The second kappa shape index (κ2) is 6.91. The van der Waals surface area contributed by atoms with Gasteiger partial charge in [-0.25, -0.2) is 4.98 Å². The van der Waals surface area contributed by atoms with Gasteiger partial charge in [0.05, 0.1) is 0 Å². The minimum Gasteiger partial charge on any atom is -0.480 e. The number of carboxylic acid groups (broad SMARTS) is 1. The standard InChI is InChI=1S/C12H13F3N2O4/c1-2-17(6-10(18)19)11(20)8-3-4-16-9(5-8)21-7-12(13,14)15/h3-5H,2,6-7H2,1H3,(H,18,19). The van der Waals surface area contributed by atoms with Crippen LogP contribution in [-0.2, 0) is 4.79 Å². The second-order valence-electron chi connectivity index (χ2n) is 4.00. The summed E-state index contributed by atoms with van der Waals surface area (Å²) in [6, 6.07) is 2.31. The number of amides is 1. The van der Waals surface area contributed by atoms with Crippen molar-refractivity contribution in [2.45, 2.75) is 13.1 Å². The van der Waals surface area contributed by atoms with Crippen LogP contribution in [0.3, 0.4) is 0 Å². The third-order valence-electron chi connectivity index (χ3n) is 2.36. The Morgan fingerprint density at radius 2 is 2.10 bits per heavy atom. The maximum atomic E-state index is 12.0. The summed E-state index contributed by atoms with van der Waals surface area (Å²) in [5, 5.41) is 8.68. The van der Waals surface area contributed by atoms with Crippen molar-refractivity contribution in [1.29, 1.82) is 0 Å². The molecule has 6 nitrogen and oxygen atoms in total. The molecule has 0 saturated heterocycles. The van der Waals surface area contributed by atoms with E-state index in [2.05, 4.69) is 9.72 Å². The molecule has 0 bridgehead atoms. The smallest absolute Gasteiger partial charge is 0.422 e. The quantitative estimate of drug-likeness (QED) is 0.863. The van der Waals surface area contributed by atoms with Crippen molar-refractivity contribution >= 4 is 11.9 Å². The molecule has 0 unspecified atom stereocenters. The molecule has 1 amide bonds.